The molecule has 1 unspecified atom stereocenters. The number of hydrogen-bond acceptors (Lipinski definition) is 5. The molecular weight excluding hydrogens is 471 g/mol. The fourth-order valence-corrected chi connectivity index (χ4v) is 4.73. The number of carbonyl (C=O) groups excluding carboxylic acids is 1. The second kappa shape index (κ2) is 8.99. The van der Waals surface area contributed by atoms with E-state index in [1.54, 1.807) is 24.3 Å². The summed E-state index contributed by atoms with van der Waals surface area (Å²) in [4.78, 5) is 12.3. The number of halogens is 3. The van der Waals surface area contributed by atoms with Crippen molar-refractivity contribution in [3.8, 4) is 5.75 Å². The standard InChI is InChI=1S/C23H20F3N3O4S/c1-2-33-18-10-8-17(9-11-18)27-22(30)15-5-3-14(4-6-15)21-28-19-13-16(23(24,25)26)7-12-20(19)34(31,32)29-21/h3-13,21,28-29H,2H2,1H3,(H,27,30). The molecule has 0 saturated heterocycles. The Balaban J connectivity index is 1.51. The van der Waals surface area contributed by atoms with Gasteiger partial charge in [-0.1, -0.05) is 12.1 Å². The van der Waals surface area contributed by atoms with Crippen LogP contribution in [0.3, 0.4) is 0 Å². The summed E-state index contributed by atoms with van der Waals surface area (Å²) < 4.78 is 72.1. The summed E-state index contributed by atoms with van der Waals surface area (Å²) in [6, 6.07) is 15.3. The minimum Gasteiger partial charge on any atom is -0.494 e. The number of fused-ring (bicyclic) bond motifs is 1. The Labute approximate surface area is 194 Å². The first-order valence-corrected chi connectivity index (χ1v) is 11.7. The topological polar surface area (TPSA) is 96.5 Å². The molecule has 1 aliphatic heterocycles. The van der Waals surface area contributed by atoms with Crippen molar-refractivity contribution in [1.82, 2.24) is 4.72 Å². The number of nitrogens with one attached hydrogen (secondary N) is 3. The van der Waals surface area contributed by atoms with E-state index in [2.05, 4.69) is 15.4 Å². The van der Waals surface area contributed by atoms with Crippen LogP contribution in [0.1, 0.15) is 34.6 Å². The second-order valence-corrected chi connectivity index (χ2v) is 9.12. The van der Waals surface area contributed by atoms with Gasteiger partial charge in [-0.2, -0.15) is 17.9 Å². The lowest BCUT2D eigenvalue weighted by Gasteiger charge is -2.29. The molecule has 178 valence electrons. The number of hydrogen-bond donors (Lipinski definition) is 3. The first-order valence-electron chi connectivity index (χ1n) is 10.2. The minimum absolute atomic E-state index is 0.157. The number of benzene rings is 3. The molecule has 3 aromatic carbocycles. The molecule has 0 spiro atoms. The second-order valence-electron chi connectivity index (χ2n) is 7.44. The maximum absolute atomic E-state index is 13.1. The highest BCUT2D eigenvalue weighted by molar-refractivity contribution is 7.89. The van der Waals surface area contributed by atoms with Gasteiger partial charge in [0.2, 0.25) is 10.0 Å². The van der Waals surface area contributed by atoms with Crippen LogP contribution in [0.5, 0.6) is 5.75 Å². The van der Waals surface area contributed by atoms with Crippen LogP contribution in [-0.4, -0.2) is 20.9 Å². The molecule has 1 heterocycles. The average Bonchev–Trinajstić information content (AvgIpc) is 2.79. The van der Waals surface area contributed by atoms with Gasteiger partial charge < -0.3 is 15.4 Å². The summed E-state index contributed by atoms with van der Waals surface area (Å²) in [6.07, 6.45) is -5.62. The molecule has 1 aliphatic rings. The van der Waals surface area contributed by atoms with Gasteiger partial charge in [0.15, 0.2) is 0 Å². The number of amides is 1. The third-order valence-corrected chi connectivity index (χ3v) is 6.58. The molecule has 34 heavy (non-hydrogen) atoms. The van der Waals surface area contributed by atoms with Crippen LogP contribution in [0.15, 0.2) is 71.6 Å². The van der Waals surface area contributed by atoms with Crippen LogP contribution in [0.2, 0.25) is 0 Å². The molecule has 4 rings (SSSR count). The van der Waals surface area contributed by atoms with Gasteiger partial charge in [0.25, 0.3) is 5.91 Å². The van der Waals surface area contributed by atoms with Crippen LogP contribution in [0.25, 0.3) is 0 Å². The lowest BCUT2D eigenvalue weighted by atomic mass is 10.1. The van der Waals surface area contributed by atoms with E-state index in [4.69, 9.17) is 4.74 Å². The van der Waals surface area contributed by atoms with Gasteiger partial charge in [-0.25, -0.2) is 8.42 Å². The summed E-state index contributed by atoms with van der Waals surface area (Å²) in [7, 11) is -4.05. The molecular formula is C23H20F3N3O4S. The van der Waals surface area contributed by atoms with Gasteiger partial charge >= 0.3 is 6.18 Å². The SMILES string of the molecule is CCOc1ccc(NC(=O)c2ccc(C3Nc4cc(C(F)(F)F)ccc4S(=O)(=O)N3)cc2)cc1. The van der Waals surface area contributed by atoms with E-state index in [-0.39, 0.29) is 16.5 Å². The van der Waals surface area contributed by atoms with Crippen molar-refractivity contribution in [2.24, 2.45) is 0 Å². The third-order valence-electron chi connectivity index (χ3n) is 5.10. The van der Waals surface area contributed by atoms with E-state index in [0.29, 0.717) is 29.2 Å². The Morgan fingerprint density at radius 3 is 2.32 bits per heavy atom. The van der Waals surface area contributed by atoms with Gasteiger partial charge in [-0.05, 0) is 67.1 Å². The van der Waals surface area contributed by atoms with Gasteiger partial charge in [-0.3, -0.25) is 4.79 Å². The smallest absolute Gasteiger partial charge is 0.416 e. The van der Waals surface area contributed by atoms with E-state index >= 15 is 0 Å². The summed E-state index contributed by atoms with van der Waals surface area (Å²) in [5.41, 5.74) is 0.184. The Kier molecular flexibility index (Phi) is 6.24. The predicted octanol–water partition coefficient (Wildman–Crippen LogP) is 4.76. The van der Waals surface area contributed by atoms with Gasteiger partial charge in [-0.15, -0.1) is 0 Å². The first-order chi connectivity index (χ1) is 16.1. The maximum Gasteiger partial charge on any atom is 0.416 e. The Morgan fingerprint density at radius 1 is 1.03 bits per heavy atom. The molecule has 0 radical (unpaired) electrons. The fraction of sp³-hybridized carbons (Fsp3) is 0.174. The fourth-order valence-electron chi connectivity index (χ4n) is 3.44. The summed E-state index contributed by atoms with van der Waals surface area (Å²) in [5, 5.41) is 5.53. The lowest BCUT2D eigenvalue weighted by molar-refractivity contribution is -0.137. The van der Waals surface area contributed by atoms with Crippen molar-refractivity contribution in [3.05, 3.63) is 83.4 Å². The van der Waals surface area contributed by atoms with E-state index in [9.17, 15) is 26.4 Å². The van der Waals surface area contributed by atoms with E-state index in [1.807, 2.05) is 6.92 Å². The number of anilines is 2. The zero-order chi connectivity index (χ0) is 24.5. The van der Waals surface area contributed by atoms with Gasteiger partial charge in [0, 0.05) is 11.3 Å². The molecule has 0 aliphatic carbocycles. The van der Waals surface area contributed by atoms with E-state index in [1.165, 1.54) is 24.3 Å². The van der Waals surface area contributed by atoms with Crippen molar-refractivity contribution in [1.29, 1.82) is 0 Å². The van der Waals surface area contributed by atoms with Crippen LogP contribution in [-0.2, 0) is 16.2 Å². The van der Waals surface area contributed by atoms with Crippen molar-refractivity contribution in [3.63, 3.8) is 0 Å². The zero-order valence-electron chi connectivity index (χ0n) is 17.8. The number of rotatable bonds is 5. The summed E-state index contributed by atoms with van der Waals surface area (Å²) in [5.74, 6) is 0.296. The predicted molar refractivity (Wildman–Crippen MR) is 120 cm³/mol. The Hall–Kier alpha value is -3.57. The quantitative estimate of drug-likeness (QED) is 0.478. The van der Waals surface area contributed by atoms with Crippen LogP contribution < -0.4 is 20.1 Å². The van der Waals surface area contributed by atoms with E-state index in [0.717, 1.165) is 18.2 Å². The van der Waals surface area contributed by atoms with E-state index < -0.39 is 27.9 Å². The summed E-state index contributed by atoms with van der Waals surface area (Å²) in [6.45, 7) is 2.39. The average molecular weight is 491 g/mol. The zero-order valence-corrected chi connectivity index (χ0v) is 18.6. The molecule has 0 saturated carbocycles. The Morgan fingerprint density at radius 2 is 1.71 bits per heavy atom. The molecule has 0 aromatic heterocycles. The number of carbonyl (C=O) groups is 1. The van der Waals surface area contributed by atoms with Crippen LogP contribution in [0, 0.1) is 0 Å². The molecule has 1 amide bonds. The summed E-state index contributed by atoms with van der Waals surface area (Å²) >= 11 is 0. The molecule has 1 atom stereocenters. The molecule has 3 aromatic rings. The highest BCUT2D eigenvalue weighted by Gasteiger charge is 2.35. The third kappa shape index (κ3) is 5.00. The largest absolute Gasteiger partial charge is 0.494 e. The molecule has 7 nitrogen and oxygen atoms in total. The number of sulfonamides is 1. The van der Waals surface area contributed by atoms with Crippen molar-refractivity contribution >= 4 is 27.3 Å². The van der Waals surface area contributed by atoms with Gasteiger partial charge in [0.05, 0.1) is 17.9 Å². The molecule has 0 fully saturated rings. The molecule has 3 N–H and O–H groups in total. The molecule has 11 heteroatoms. The molecule has 0 bridgehead atoms. The van der Waals surface area contributed by atoms with Gasteiger partial charge in [0.1, 0.15) is 16.8 Å². The highest BCUT2D eigenvalue weighted by atomic mass is 32.2. The number of ether oxygens (including phenoxy) is 1. The Bertz CT molecular complexity index is 1310. The number of alkyl halides is 3. The van der Waals surface area contributed by atoms with Crippen molar-refractivity contribution in [2.45, 2.75) is 24.2 Å². The minimum atomic E-state index is -4.61. The normalized spacial score (nSPS) is 16.8. The monoisotopic (exact) mass is 491 g/mol. The maximum atomic E-state index is 13.1. The van der Waals surface area contributed by atoms with Crippen molar-refractivity contribution in [2.75, 3.05) is 17.2 Å². The highest BCUT2D eigenvalue weighted by Crippen LogP contribution is 2.37. The van der Waals surface area contributed by atoms with Crippen LogP contribution >= 0.6 is 0 Å². The van der Waals surface area contributed by atoms with Crippen LogP contribution in [0.4, 0.5) is 24.5 Å². The first kappa shape index (κ1) is 23.6. The lowest BCUT2D eigenvalue weighted by Crippen LogP contribution is -2.38. The van der Waals surface area contributed by atoms with Crippen molar-refractivity contribution < 1.29 is 31.1 Å².